The monoisotopic (exact) mass is 151 g/mol. The Morgan fingerprint density at radius 3 is 1.10 bits per heavy atom. The van der Waals surface area contributed by atoms with Crippen molar-refractivity contribution in [3.05, 3.63) is 0 Å². The van der Waals surface area contributed by atoms with Crippen molar-refractivity contribution in [2.24, 2.45) is 5.73 Å². The first-order valence-corrected chi connectivity index (χ1v) is 3.66. The molecule has 0 aliphatic heterocycles. The zero-order valence-corrected chi connectivity index (χ0v) is 7.30. The van der Waals surface area contributed by atoms with Crippen LogP contribution in [-0.4, -0.2) is 30.0 Å². The van der Waals surface area contributed by atoms with Crippen LogP contribution in [0.5, 0.6) is 0 Å². The molecule has 0 heterocycles. The van der Waals surface area contributed by atoms with Crippen molar-refractivity contribution in [3.63, 3.8) is 0 Å². The summed E-state index contributed by atoms with van der Waals surface area (Å²) in [6, 6.07) is 0. The molecule has 0 unspecified atom stereocenters. The summed E-state index contributed by atoms with van der Waals surface area (Å²) in [5.74, 6) is 0. The Morgan fingerprint density at radius 2 is 1.10 bits per heavy atom. The van der Waals surface area contributed by atoms with Crippen LogP contribution in [-0.2, 0) is 0 Å². The van der Waals surface area contributed by atoms with Gasteiger partial charge in [0.15, 0.2) is 0 Å². The molecule has 0 aromatic rings. The maximum atomic E-state index is 7.57. The Labute approximate surface area is 63.9 Å². The third kappa shape index (κ3) is 482. The predicted molar refractivity (Wildman–Crippen MR) is 44.9 cm³/mol. The first-order valence-electron chi connectivity index (χ1n) is 3.66. The van der Waals surface area contributed by atoms with Crippen LogP contribution in [0.1, 0.15) is 27.2 Å². The molecule has 66 valence electrons. The second kappa shape index (κ2) is 36.6. The minimum atomic E-state index is 0.250. The highest BCUT2D eigenvalue weighted by molar-refractivity contribution is 4.19. The summed E-state index contributed by atoms with van der Waals surface area (Å²) >= 11 is 0. The fourth-order valence-corrected chi connectivity index (χ4v) is 0. The molecule has 0 aliphatic rings. The van der Waals surface area contributed by atoms with E-state index in [9.17, 15) is 0 Å². The molecular formula is C7H21NO2. The first-order chi connectivity index (χ1) is 4.74. The lowest BCUT2D eigenvalue weighted by molar-refractivity contribution is 0.318. The van der Waals surface area contributed by atoms with Gasteiger partial charge >= 0.3 is 0 Å². The number of hydrogen-bond acceptors (Lipinski definition) is 3. The van der Waals surface area contributed by atoms with Gasteiger partial charge in [0, 0.05) is 13.2 Å². The van der Waals surface area contributed by atoms with E-state index in [0.717, 1.165) is 13.0 Å². The van der Waals surface area contributed by atoms with E-state index in [1.807, 2.05) is 0 Å². The van der Waals surface area contributed by atoms with Crippen LogP contribution in [0.4, 0.5) is 0 Å². The standard InChI is InChI=1S/C3H9N.2C2H6O/c1-2-3-4;2*1-2-3/h2-4H2,1H3;2*3H,2H2,1H3. The Hall–Kier alpha value is -0.120. The fraction of sp³-hybridized carbons (Fsp3) is 1.00. The highest BCUT2D eigenvalue weighted by Gasteiger charge is 1.55. The summed E-state index contributed by atoms with van der Waals surface area (Å²) in [5, 5.41) is 15.1. The van der Waals surface area contributed by atoms with E-state index in [2.05, 4.69) is 6.92 Å². The van der Waals surface area contributed by atoms with Gasteiger partial charge in [0.05, 0.1) is 0 Å². The third-order valence-corrected chi connectivity index (χ3v) is 0.289. The molecule has 0 aromatic carbocycles. The molecule has 0 saturated carbocycles. The fourth-order valence-electron chi connectivity index (χ4n) is 0. The lowest BCUT2D eigenvalue weighted by atomic mass is 10.5. The predicted octanol–water partition coefficient (Wildman–Crippen LogP) is 0.352. The molecule has 0 aromatic heterocycles. The molecule has 0 atom stereocenters. The average Bonchev–Trinajstić information content (AvgIpc) is 1.91. The first kappa shape index (κ1) is 16.5. The van der Waals surface area contributed by atoms with Gasteiger partial charge in [-0.05, 0) is 26.8 Å². The normalized spacial score (nSPS) is 6.60. The maximum Gasteiger partial charge on any atom is 0.0402 e. The van der Waals surface area contributed by atoms with Gasteiger partial charge in [0.25, 0.3) is 0 Å². The SMILES string of the molecule is CCCN.CCO.CCO. The van der Waals surface area contributed by atoms with Crippen LogP contribution in [0, 0.1) is 0 Å². The van der Waals surface area contributed by atoms with Crippen molar-refractivity contribution >= 4 is 0 Å². The van der Waals surface area contributed by atoms with Gasteiger partial charge in [0.2, 0.25) is 0 Å². The zero-order chi connectivity index (χ0) is 8.83. The van der Waals surface area contributed by atoms with Crippen LogP contribution in [0.3, 0.4) is 0 Å². The van der Waals surface area contributed by atoms with Crippen LogP contribution >= 0.6 is 0 Å². The van der Waals surface area contributed by atoms with Gasteiger partial charge in [-0.2, -0.15) is 0 Å². The summed E-state index contributed by atoms with van der Waals surface area (Å²) < 4.78 is 0. The van der Waals surface area contributed by atoms with E-state index in [0.29, 0.717) is 0 Å². The second-order valence-electron chi connectivity index (χ2n) is 1.42. The number of hydrogen-bond donors (Lipinski definition) is 3. The van der Waals surface area contributed by atoms with E-state index in [1.54, 1.807) is 13.8 Å². The topological polar surface area (TPSA) is 66.5 Å². The highest BCUT2D eigenvalue weighted by atomic mass is 16.3. The number of nitrogens with two attached hydrogens (primary N) is 1. The number of aliphatic hydroxyl groups is 2. The third-order valence-electron chi connectivity index (χ3n) is 0.289. The minimum Gasteiger partial charge on any atom is -0.397 e. The zero-order valence-electron chi connectivity index (χ0n) is 7.30. The Kier molecular flexibility index (Phi) is 60.3. The lowest BCUT2D eigenvalue weighted by Crippen LogP contribution is -1.93. The van der Waals surface area contributed by atoms with E-state index in [1.165, 1.54) is 0 Å². The number of aliphatic hydroxyl groups excluding tert-OH is 2. The maximum absolute atomic E-state index is 7.57. The average molecular weight is 151 g/mol. The Balaban J connectivity index is -0.0000000750. The highest BCUT2D eigenvalue weighted by Crippen LogP contribution is 1.57. The molecule has 0 amide bonds. The van der Waals surface area contributed by atoms with Crippen LogP contribution in [0.2, 0.25) is 0 Å². The molecule has 0 spiro atoms. The van der Waals surface area contributed by atoms with Crippen molar-refractivity contribution < 1.29 is 10.2 Å². The van der Waals surface area contributed by atoms with Crippen molar-refractivity contribution in [2.75, 3.05) is 19.8 Å². The van der Waals surface area contributed by atoms with Gasteiger partial charge in [-0.3, -0.25) is 0 Å². The molecular weight excluding hydrogens is 130 g/mol. The second-order valence-corrected chi connectivity index (χ2v) is 1.42. The summed E-state index contributed by atoms with van der Waals surface area (Å²) in [6.45, 7) is 6.74. The molecule has 0 aliphatic carbocycles. The quantitative estimate of drug-likeness (QED) is 0.506. The summed E-state index contributed by atoms with van der Waals surface area (Å²) in [5.41, 5.74) is 5.03. The largest absolute Gasteiger partial charge is 0.397 e. The smallest absolute Gasteiger partial charge is 0.0402 e. The summed E-state index contributed by atoms with van der Waals surface area (Å²) in [4.78, 5) is 0. The molecule has 10 heavy (non-hydrogen) atoms. The van der Waals surface area contributed by atoms with Gasteiger partial charge in [0.1, 0.15) is 0 Å². The molecule has 0 radical (unpaired) electrons. The molecule has 0 rings (SSSR count). The van der Waals surface area contributed by atoms with Gasteiger partial charge in [-0.25, -0.2) is 0 Å². The molecule has 0 bridgehead atoms. The van der Waals surface area contributed by atoms with E-state index in [-0.39, 0.29) is 13.2 Å². The summed E-state index contributed by atoms with van der Waals surface area (Å²) in [7, 11) is 0. The molecule has 0 fully saturated rings. The molecule has 0 saturated heterocycles. The van der Waals surface area contributed by atoms with E-state index >= 15 is 0 Å². The van der Waals surface area contributed by atoms with Gasteiger partial charge in [-0.15, -0.1) is 0 Å². The van der Waals surface area contributed by atoms with Gasteiger partial charge < -0.3 is 15.9 Å². The van der Waals surface area contributed by atoms with Crippen molar-refractivity contribution in [2.45, 2.75) is 27.2 Å². The van der Waals surface area contributed by atoms with Crippen LogP contribution < -0.4 is 5.73 Å². The van der Waals surface area contributed by atoms with Crippen molar-refractivity contribution in [3.8, 4) is 0 Å². The molecule has 3 heteroatoms. The Bertz CT molecular complexity index is 23.6. The van der Waals surface area contributed by atoms with E-state index < -0.39 is 0 Å². The van der Waals surface area contributed by atoms with Crippen LogP contribution in [0.25, 0.3) is 0 Å². The van der Waals surface area contributed by atoms with Crippen molar-refractivity contribution in [1.82, 2.24) is 0 Å². The molecule has 3 nitrogen and oxygen atoms in total. The molecule has 4 N–H and O–H groups in total. The lowest BCUT2D eigenvalue weighted by Gasteiger charge is -1.70. The van der Waals surface area contributed by atoms with Gasteiger partial charge in [-0.1, -0.05) is 6.92 Å². The Morgan fingerprint density at radius 1 is 1.00 bits per heavy atom. The van der Waals surface area contributed by atoms with Crippen molar-refractivity contribution in [1.29, 1.82) is 0 Å². The van der Waals surface area contributed by atoms with Crippen LogP contribution in [0.15, 0.2) is 0 Å². The van der Waals surface area contributed by atoms with E-state index in [4.69, 9.17) is 15.9 Å². The minimum absolute atomic E-state index is 0.250. The summed E-state index contributed by atoms with van der Waals surface area (Å²) in [6.07, 6.45) is 1.10. The number of rotatable bonds is 1.